The Morgan fingerprint density at radius 2 is 0.927 bits per heavy atom. The molecule has 0 fully saturated rings. The van der Waals surface area contributed by atoms with Gasteiger partial charge in [-0.25, -0.2) is 4.57 Å². The molecule has 0 bridgehead atoms. The maximum absolute atomic E-state index is 4.21. The normalized spacial score (nSPS) is 11.3. The molecule has 0 amide bonds. The largest absolute Gasteiger partial charge is 0.264 e. The summed E-state index contributed by atoms with van der Waals surface area (Å²) in [5.41, 5.74) is 2.92. The maximum Gasteiger partial charge on any atom is 0.171 e. The van der Waals surface area contributed by atoms with E-state index in [1.807, 2.05) is 18.5 Å². The van der Waals surface area contributed by atoms with Crippen LogP contribution in [0, 0.1) is 0 Å². The van der Waals surface area contributed by atoms with Crippen molar-refractivity contribution in [3.8, 4) is 0 Å². The molecule has 2 aromatic rings. The molecule has 2 aromatic heterocycles. The SMILES string of the molecule is ICCCCCCCCCCCCCCc1ccc[n+](CCCCCCCCCCCCCCc2cccnc2)c1. The fourth-order valence-corrected chi connectivity index (χ4v) is 6.53. The Hall–Kier alpha value is -0.970. The Morgan fingerprint density at radius 3 is 1.41 bits per heavy atom. The molecule has 0 saturated heterocycles. The van der Waals surface area contributed by atoms with Gasteiger partial charge in [-0.3, -0.25) is 4.98 Å². The number of halogens is 1. The first-order valence-electron chi connectivity index (χ1n) is 17.8. The minimum absolute atomic E-state index is 1.19. The van der Waals surface area contributed by atoms with E-state index in [0.717, 1.165) is 0 Å². The van der Waals surface area contributed by atoms with Gasteiger partial charge in [0, 0.05) is 30.4 Å². The molecule has 0 spiro atoms. The number of aromatic nitrogens is 2. The van der Waals surface area contributed by atoms with Crippen molar-refractivity contribution in [3.05, 3.63) is 60.2 Å². The minimum Gasteiger partial charge on any atom is -0.264 e. The van der Waals surface area contributed by atoms with Crippen molar-refractivity contribution in [2.24, 2.45) is 0 Å². The van der Waals surface area contributed by atoms with Crippen molar-refractivity contribution in [2.75, 3.05) is 4.43 Å². The molecule has 41 heavy (non-hydrogen) atoms. The van der Waals surface area contributed by atoms with Crippen LogP contribution in [-0.2, 0) is 19.4 Å². The Kier molecular flexibility index (Phi) is 24.6. The molecule has 0 atom stereocenters. The molecule has 232 valence electrons. The summed E-state index contributed by atoms with van der Waals surface area (Å²) in [7, 11) is 0. The van der Waals surface area contributed by atoms with Gasteiger partial charge in [-0.2, -0.15) is 0 Å². The monoisotopic (exact) mass is 675 g/mol. The Balaban J connectivity index is 1.32. The van der Waals surface area contributed by atoms with Gasteiger partial charge in [-0.05, 0) is 60.6 Å². The van der Waals surface area contributed by atoms with E-state index in [0.29, 0.717) is 0 Å². The molecule has 0 aromatic carbocycles. The van der Waals surface area contributed by atoms with Crippen LogP contribution in [0.3, 0.4) is 0 Å². The molecule has 0 aliphatic heterocycles. The van der Waals surface area contributed by atoms with Crippen molar-refractivity contribution in [1.82, 2.24) is 4.98 Å². The number of nitrogens with zero attached hydrogens (tertiary/aromatic N) is 2. The average molecular weight is 676 g/mol. The summed E-state index contributed by atoms with van der Waals surface area (Å²) >= 11 is 2.50. The van der Waals surface area contributed by atoms with Crippen LogP contribution in [0.1, 0.15) is 165 Å². The number of unbranched alkanes of at least 4 members (excludes halogenated alkanes) is 22. The Bertz CT molecular complexity index is 809. The van der Waals surface area contributed by atoms with Crippen LogP contribution in [0.4, 0.5) is 0 Å². The summed E-state index contributed by atoms with van der Waals surface area (Å²) in [5.74, 6) is 0. The number of hydrogen-bond donors (Lipinski definition) is 0. The van der Waals surface area contributed by atoms with E-state index >= 15 is 0 Å². The Morgan fingerprint density at radius 1 is 0.488 bits per heavy atom. The summed E-state index contributed by atoms with van der Waals surface area (Å²) in [6, 6.07) is 8.84. The molecule has 0 aliphatic carbocycles. The first-order chi connectivity index (χ1) is 20.4. The van der Waals surface area contributed by atoms with Crippen LogP contribution in [-0.4, -0.2) is 9.41 Å². The third kappa shape index (κ3) is 22.3. The highest BCUT2D eigenvalue weighted by Crippen LogP contribution is 2.15. The molecule has 0 N–H and O–H groups in total. The van der Waals surface area contributed by atoms with Crippen LogP contribution in [0.25, 0.3) is 0 Å². The number of rotatable bonds is 29. The predicted molar refractivity (Wildman–Crippen MR) is 188 cm³/mol. The number of alkyl halides is 1. The standard InChI is InChI=1S/C38H64IN2/c39-31-23-19-15-11-7-3-1-6-10-14-18-22-28-38-30-26-34-41(36-38)33-24-20-16-12-8-4-2-5-9-13-17-21-27-37-29-25-32-40-35-37/h25-26,29-30,32,34-36H,1-24,27-28,31,33H2/q+1. The lowest BCUT2D eigenvalue weighted by Crippen LogP contribution is -2.33. The van der Waals surface area contributed by atoms with Crippen LogP contribution >= 0.6 is 22.6 Å². The molecule has 3 heteroatoms. The summed E-state index contributed by atoms with van der Waals surface area (Å²) < 4.78 is 3.77. The molecule has 2 heterocycles. The third-order valence-corrected chi connectivity index (χ3v) is 9.39. The topological polar surface area (TPSA) is 16.8 Å². The van der Waals surface area contributed by atoms with Gasteiger partial charge in [0.25, 0.3) is 0 Å². The van der Waals surface area contributed by atoms with Crippen molar-refractivity contribution in [2.45, 2.75) is 173 Å². The lowest BCUT2D eigenvalue weighted by Gasteiger charge is -2.04. The summed E-state index contributed by atoms with van der Waals surface area (Å²) in [5, 5.41) is 0. The van der Waals surface area contributed by atoms with E-state index in [1.54, 1.807) is 0 Å². The second-order valence-corrected chi connectivity index (χ2v) is 13.6. The highest BCUT2D eigenvalue weighted by molar-refractivity contribution is 14.1. The van der Waals surface area contributed by atoms with E-state index in [9.17, 15) is 0 Å². The Labute approximate surface area is 269 Å². The van der Waals surface area contributed by atoms with Gasteiger partial charge < -0.3 is 0 Å². The van der Waals surface area contributed by atoms with Crippen molar-refractivity contribution >= 4 is 22.6 Å². The van der Waals surface area contributed by atoms with E-state index < -0.39 is 0 Å². The minimum atomic E-state index is 1.19. The van der Waals surface area contributed by atoms with Crippen LogP contribution in [0.5, 0.6) is 0 Å². The molecule has 2 nitrogen and oxygen atoms in total. The molecular weight excluding hydrogens is 611 g/mol. The van der Waals surface area contributed by atoms with Gasteiger partial charge in [0.05, 0.1) is 0 Å². The number of aryl methyl sites for hydroxylation is 3. The molecular formula is C38H64IN2+. The zero-order valence-electron chi connectivity index (χ0n) is 26.7. The highest BCUT2D eigenvalue weighted by Gasteiger charge is 2.04. The first kappa shape index (κ1) is 36.2. The fourth-order valence-electron chi connectivity index (χ4n) is 5.99. The van der Waals surface area contributed by atoms with Crippen molar-refractivity contribution in [3.63, 3.8) is 0 Å². The third-order valence-electron chi connectivity index (χ3n) is 8.62. The highest BCUT2D eigenvalue weighted by atomic mass is 127. The van der Waals surface area contributed by atoms with Crippen molar-refractivity contribution in [1.29, 1.82) is 0 Å². The summed E-state index contributed by atoms with van der Waals surface area (Å²) in [4.78, 5) is 4.21. The summed E-state index contributed by atoms with van der Waals surface area (Å²) in [6.07, 6.45) is 45.0. The smallest absolute Gasteiger partial charge is 0.171 e. The fraction of sp³-hybridized carbons (Fsp3) is 0.737. The van der Waals surface area contributed by atoms with Gasteiger partial charge in [-0.1, -0.05) is 151 Å². The second-order valence-electron chi connectivity index (χ2n) is 12.5. The van der Waals surface area contributed by atoms with Crippen LogP contribution in [0.2, 0.25) is 0 Å². The van der Waals surface area contributed by atoms with Crippen LogP contribution in [0.15, 0.2) is 49.1 Å². The quantitative estimate of drug-likeness (QED) is 0.0363. The first-order valence-corrected chi connectivity index (χ1v) is 19.3. The molecule has 0 unspecified atom stereocenters. The average Bonchev–Trinajstić information content (AvgIpc) is 3.00. The van der Waals surface area contributed by atoms with E-state index in [-0.39, 0.29) is 0 Å². The zero-order valence-corrected chi connectivity index (χ0v) is 28.8. The van der Waals surface area contributed by atoms with Gasteiger partial charge in [0.2, 0.25) is 0 Å². The van der Waals surface area contributed by atoms with Gasteiger partial charge in [-0.15, -0.1) is 0 Å². The van der Waals surface area contributed by atoms with Gasteiger partial charge in [0.1, 0.15) is 6.54 Å². The molecule has 0 radical (unpaired) electrons. The summed E-state index contributed by atoms with van der Waals surface area (Å²) in [6.45, 7) is 1.19. The second kappa shape index (κ2) is 27.8. The van der Waals surface area contributed by atoms with Crippen LogP contribution < -0.4 is 4.57 Å². The van der Waals surface area contributed by atoms with Gasteiger partial charge >= 0.3 is 0 Å². The molecule has 0 saturated carbocycles. The van der Waals surface area contributed by atoms with Crippen molar-refractivity contribution < 1.29 is 4.57 Å². The predicted octanol–water partition coefficient (Wildman–Crippen LogP) is 12.0. The van der Waals surface area contributed by atoms with Gasteiger partial charge in [0.15, 0.2) is 12.4 Å². The maximum atomic E-state index is 4.21. The molecule has 0 aliphatic rings. The number of hydrogen-bond acceptors (Lipinski definition) is 1. The van der Waals surface area contributed by atoms with E-state index in [1.165, 1.54) is 189 Å². The zero-order chi connectivity index (χ0) is 28.9. The molecule has 2 rings (SSSR count). The lowest BCUT2D eigenvalue weighted by atomic mass is 10.0. The lowest BCUT2D eigenvalue weighted by molar-refractivity contribution is -0.697. The van der Waals surface area contributed by atoms with E-state index in [2.05, 4.69) is 62.7 Å². The van der Waals surface area contributed by atoms with E-state index in [4.69, 9.17) is 0 Å². The number of pyridine rings is 2.